The fourth-order valence-corrected chi connectivity index (χ4v) is 3.80. The van der Waals surface area contributed by atoms with Crippen molar-refractivity contribution < 1.29 is 14.4 Å². The van der Waals surface area contributed by atoms with E-state index in [9.17, 15) is 14.4 Å². The molecule has 1 aromatic heterocycles. The molecule has 0 atom stereocenters. The van der Waals surface area contributed by atoms with E-state index in [1.165, 1.54) is 6.33 Å². The molecule has 0 spiro atoms. The summed E-state index contributed by atoms with van der Waals surface area (Å²) in [4.78, 5) is 50.9. The lowest BCUT2D eigenvalue weighted by Gasteiger charge is -2.35. The zero-order valence-electron chi connectivity index (χ0n) is 15.3. The van der Waals surface area contributed by atoms with E-state index in [1.54, 1.807) is 23.1 Å². The Bertz CT molecular complexity index is 972. The fraction of sp³-hybridized carbons (Fsp3) is 0.316. The second-order valence-electron chi connectivity index (χ2n) is 6.77. The molecule has 1 saturated heterocycles. The molecule has 28 heavy (non-hydrogen) atoms. The molecule has 0 unspecified atom stereocenters. The maximum absolute atomic E-state index is 12.7. The number of carbonyl (C=O) groups excluding carboxylic acids is 3. The molecule has 144 valence electrons. The molecule has 0 saturated carbocycles. The summed E-state index contributed by atoms with van der Waals surface area (Å²) in [6, 6.07) is 6.84. The first kappa shape index (κ1) is 18.5. The van der Waals surface area contributed by atoms with Crippen molar-refractivity contribution in [1.29, 1.82) is 0 Å². The number of rotatable bonds is 3. The van der Waals surface area contributed by atoms with Gasteiger partial charge in [0.2, 0.25) is 5.91 Å². The molecule has 2 aliphatic rings. The minimum Gasteiger partial charge on any atom is -0.353 e. The summed E-state index contributed by atoms with van der Waals surface area (Å²) in [6.45, 7) is 3.96. The van der Waals surface area contributed by atoms with Gasteiger partial charge < -0.3 is 9.80 Å². The van der Waals surface area contributed by atoms with E-state index in [0.717, 1.165) is 20.9 Å². The Labute approximate surface area is 170 Å². The van der Waals surface area contributed by atoms with E-state index in [4.69, 9.17) is 0 Å². The highest BCUT2D eigenvalue weighted by atomic mass is 79.9. The molecule has 0 N–H and O–H groups in total. The zero-order valence-corrected chi connectivity index (χ0v) is 16.8. The Balaban J connectivity index is 1.39. The van der Waals surface area contributed by atoms with E-state index in [0.29, 0.717) is 37.3 Å². The summed E-state index contributed by atoms with van der Waals surface area (Å²) < 4.78 is 0.719. The molecule has 4 rings (SSSR count). The number of imide groups is 1. The average Bonchev–Trinajstić information content (AvgIpc) is 2.92. The van der Waals surface area contributed by atoms with Crippen LogP contribution in [0.25, 0.3) is 0 Å². The van der Waals surface area contributed by atoms with Crippen LogP contribution in [0.15, 0.2) is 35.1 Å². The van der Waals surface area contributed by atoms with Crippen molar-refractivity contribution in [3.05, 3.63) is 51.9 Å². The van der Waals surface area contributed by atoms with Gasteiger partial charge in [0.05, 0.1) is 11.1 Å². The molecule has 8 nitrogen and oxygen atoms in total. The molecular formula is C19H18BrN5O3. The van der Waals surface area contributed by atoms with Gasteiger partial charge in [-0.25, -0.2) is 9.97 Å². The molecule has 3 amide bonds. The molecule has 1 fully saturated rings. The molecule has 2 aromatic rings. The predicted molar refractivity (Wildman–Crippen MR) is 105 cm³/mol. The highest BCUT2D eigenvalue weighted by Gasteiger charge is 2.37. The quantitative estimate of drug-likeness (QED) is 0.667. The molecule has 3 heterocycles. The SMILES string of the molecule is Cc1cc(N2CCN(C(=O)CN3C(=O)c4ccc(Br)cc4C3=O)CC2)ncn1. The van der Waals surface area contributed by atoms with Gasteiger partial charge in [0, 0.05) is 42.4 Å². The molecule has 1 aromatic carbocycles. The van der Waals surface area contributed by atoms with Crippen LogP contribution in [0.4, 0.5) is 5.82 Å². The van der Waals surface area contributed by atoms with Crippen molar-refractivity contribution in [1.82, 2.24) is 19.8 Å². The van der Waals surface area contributed by atoms with Crippen molar-refractivity contribution in [2.75, 3.05) is 37.6 Å². The van der Waals surface area contributed by atoms with Gasteiger partial charge in [0.25, 0.3) is 11.8 Å². The van der Waals surface area contributed by atoms with Gasteiger partial charge in [0.15, 0.2) is 0 Å². The van der Waals surface area contributed by atoms with Gasteiger partial charge in [-0.2, -0.15) is 0 Å². The Morgan fingerprint density at radius 1 is 1.04 bits per heavy atom. The van der Waals surface area contributed by atoms with Crippen molar-refractivity contribution in [3.63, 3.8) is 0 Å². The van der Waals surface area contributed by atoms with Crippen LogP contribution in [0.5, 0.6) is 0 Å². The van der Waals surface area contributed by atoms with Crippen LogP contribution in [0.1, 0.15) is 26.4 Å². The largest absolute Gasteiger partial charge is 0.353 e. The van der Waals surface area contributed by atoms with Crippen molar-refractivity contribution in [2.45, 2.75) is 6.92 Å². The lowest BCUT2D eigenvalue weighted by atomic mass is 10.1. The van der Waals surface area contributed by atoms with E-state index >= 15 is 0 Å². The van der Waals surface area contributed by atoms with Crippen LogP contribution in [0.2, 0.25) is 0 Å². The number of piperazine rings is 1. The lowest BCUT2D eigenvalue weighted by Crippen LogP contribution is -2.52. The summed E-state index contributed by atoms with van der Waals surface area (Å²) in [5.41, 5.74) is 1.56. The van der Waals surface area contributed by atoms with Crippen molar-refractivity contribution in [2.24, 2.45) is 0 Å². The predicted octanol–water partition coefficient (Wildman–Crippen LogP) is 1.49. The van der Waals surface area contributed by atoms with Crippen LogP contribution < -0.4 is 4.90 Å². The topological polar surface area (TPSA) is 86.7 Å². The third kappa shape index (κ3) is 3.37. The summed E-state index contributed by atoms with van der Waals surface area (Å²) in [7, 11) is 0. The van der Waals surface area contributed by atoms with Gasteiger partial charge in [-0.1, -0.05) is 15.9 Å². The molecule has 0 aliphatic carbocycles. The number of benzene rings is 1. The number of hydrogen-bond acceptors (Lipinski definition) is 6. The smallest absolute Gasteiger partial charge is 0.262 e. The molecule has 2 aliphatic heterocycles. The molecule has 9 heteroatoms. The monoisotopic (exact) mass is 443 g/mol. The third-order valence-electron chi connectivity index (χ3n) is 4.97. The first-order chi connectivity index (χ1) is 13.4. The first-order valence-electron chi connectivity index (χ1n) is 8.91. The van der Waals surface area contributed by atoms with Gasteiger partial charge >= 0.3 is 0 Å². The van der Waals surface area contributed by atoms with Crippen LogP contribution in [-0.2, 0) is 4.79 Å². The maximum atomic E-state index is 12.7. The summed E-state index contributed by atoms with van der Waals surface area (Å²) >= 11 is 3.30. The number of hydrogen-bond donors (Lipinski definition) is 0. The minimum atomic E-state index is -0.426. The number of carbonyl (C=O) groups is 3. The average molecular weight is 444 g/mol. The number of fused-ring (bicyclic) bond motifs is 1. The summed E-state index contributed by atoms with van der Waals surface area (Å²) in [6.07, 6.45) is 1.53. The third-order valence-corrected chi connectivity index (χ3v) is 5.47. The van der Waals surface area contributed by atoms with Crippen LogP contribution in [0, 0.1) is 6.92 Å². The van der Waals surface area contributed by atoms with Crippen molar-refractivity contribution in [3.8, 4) is 0 Å². The van der Waals surface area contributed by atoms with Gasteiger partial charge in [0.1, 0.15) is 18.7 Å². The standard InChI is InChI=1S/C19H18BrN5O3/c1-12-8-16(22-11-21-12)23-4-6-24(7-5-23)17(26)10-25-18(27)14-3-2-13(20)9-15(14)19(25)28/h2-3,8-9,11H,4-7,10H2,1H3. The second kappa shape index (κ2) is 7.31. The Hall–Kier alpha value is -2.81. The van der Waals surface area contributed by atoms with Crippen LogP contribution in [0.3, 0.4) is 0 Å². The van der Waals surface area contributed by atoms with Gasteiger partial charge in [-0.05, 0) is 25.1 Å². The number of anilines is 1. The number of halogens is 1. The minimum absolute atomic E-state index is 0.230. The molecular weight excluding hydrogens is 426 g/mol. The molecule has 0 bridgehead atoms. The Kier molecular flexibility index (Phi) is 4.84. The number of aryl methyl sites for hydroxylation is 1. The highest BCUT2D eigenvalue weighted by molar-refractivity contribution is 9.10. The lowest BCUT2D eigenvalue weighted by molar-refractivity contribution is -0.131. The Morgan fingerprint density at radius 2 is 1.75 bits per heavy atom. The van der Waals surface area contributed by atoms with Gasteiger partial charge in [-0.15, -0.1) is 0 Å². The van der Waals surface area contributed by atoms with Gasteiger partial charge in [-0.3, -0.25) is 19.3 Å². The summed E-state index contributed by atoms with van der Waals surface area (Å²) in [5.74, 6) is -0.238. The number of nitrogens with zero attached hydrogens (tertiary/aromatic N) is 5. The van der Waals surface area contributed by atoms with Crippen molar-refractivity contribution >= 4 is 39.5 Å². The highest BCUT2D eigenvalue weighted by Crippen LogP contribution is 2.26. The van der Waals surface area contributed by atoms with E-state index < -0.39 is 11.8 Å². The number of aromatic nitrogens is 2. The van der Waals surface area contributed by atoms with Crippen LogP contribution >= 0.6 is 15.9 Å². The first-order valence-corrected chi connectivity index (χ1v) is 9.70. The number of amides is 3. The summed E-state index contributed by atoms with van der Waals surface area (Å²) in [5, 5.41) is 0. The van der Waals surface area contributed by atoms with E-state index in [1.807, 2.05) is 13.0 Å². The normalized spacial score (nSPS) is 16.6. The second-order valence-corrected chi connectivity index (χ2v) is 7.69. The zero-order chi connectivity index (χ0) is 19.8. The fourth-order valence-electron chi connectivity index (χ4n) is 3.44. The van der Waals surface area contributed by atoms with Crippen LogP contribution in [-0.4, -0.2) is 70.2 Å². The van der Waals surface area contributed by atoms with E-state index in [-0.39, 0.29) is 12.5 Å². The van der Waals surface area contributed by atoms with E-state index in [2.05, 4.69) is 30.8 Å². The maximum Gasteiger partial charge on any atom is 0.262 e. The Morgan fingerprint density at radius 3 is 2.46 bits per heavy atom. The molecule has 0 radical (unpaired) electrons.